The summed E-state index contributed by atoms with van der Waals surface area (Å²) >= 11 is 0. The molecule has 0 radical (unpaired) electrons. The minimum absolute atomic E-state index is 0.253. The van der Waals surface area contributed by atoms with Gasteiger partial charge in [-0.2, -0.15) is 10.1 Å². The Bertz CT molecular complexity index is 1650. The fourth-order valence-corrected chi connectivity index (χ4v) is 4.14. The van der Waals surface area contributed by atoms with Crippen LogP contribution in [0.1, 0.15) is 25.2 Å². The second-order valence-electron chi connectivity index (χ2n) is 8.92. The van der Waals surface area contributed by atoms with Gasteiger partial charge in [-0.25, -0.2) is 19.3 Å². The number of nitrogens with one attached hydrogen (secondary N) is 1. The van der Waals surface area contributed by atoms with Crippen LogP contribution in [-0.2, 0) is 19.2 Å². The first-order valence-electron chi connectivity index (χ1n) is 11.2. The van der Waals surface area contributed by atoms with E-state index in [-0.39, 0.29) is 12.1 Å². The van der Waals surface area contributed by atoms with E-state index in [9.17, 15) is 9.90 Å². The topological polar surface area (TPSA) is 116 Å². The van der Waals surface area contributed by atoms with Gasteiger partial charge in [0.25, 0.3) is 5.56 Å². The average molecular weight is 471 g/mol. The quantitative estimate of drug-likeness (QED) is 0.366. The molecule has 35 heavy (non-hydrogen) atoms. The molecule has 0 aliphatic carbocycles. The highest BCUT2D eigenvalue weighted by Gasteiger charge is 2.21. The molecule has 0 spiro atoms. The Labute approximate surface area is 201 Å². The number of benzene rings is 1. The summed E-state index contributed by atoms with van der Waals surface area (Å²) in [5, 5.41) is 19.6. The van der Waals surface area contributed by atoms with E-state index in [0.29, 0.717) is 28.5 Å². The SMILES string of the molecule is C=CCn1c(=O)c2cnc(Nc3ccc4c(C)nn(C)c4c3)nc2n1-c1cccc(C(C)(C)O)n1. The molecule has 0 saturated heterocycles. The summed E-state index contributed by atoms with van der Waals surface area (Å²) in [5.41, 5.74) is 2.20. The number of aryl methyl sites for hydroxylation is 2. The molecule has 4 heterocycles. The highest BCUT2D eigenvalue weighted by atomic mass is 16.3. The van der Waals surface area contributed by atoms with Gasteiger partial charge in [-0.3, -0.25) is 9.48 Å². The van der Waals surface area contributed by atoms with E-state index in [1.54, 1.807) is 42.8 Å². The predicted octanol–water partition coefficient (Wildman–Crippen LogP) is 3.33. The fraction of sp³-hybridized carbons (Fsp3) is 0.240. The maximum atomic E-state index is 13.2. The van der Waals surface area contributed by atoms with Gasteiger partial charge in [0.05, 0.1) is 23.4 Å². The number of fused-ring (bicyclic) bond motifs is 2. The van der Waals surface area contributed by atoms with E-state index in [4.69, 9.17) is 0 Å². The van der Waals surface area contributed by atoms with Crippen molar-refractivity contribution >= 4 is 33.6 Å². The minimum atomic E-state index is -1.15. The van der Waals surface area contributed by atoms with Crippen molar-refractivity contribution in [2.75, 3.05) is 5.32 Å². The number of hydrogen-bond donors (Lipinski definition) is 2. The van der Waals surface area contributed by atoms with Crippen molar-refractivity contribution in [2.45, 2.75) is 32.9 Å². The third kappa shape index (κ3) is 3.87. The number of allylic oxidation sites excluding steroid dienone is 1. The molecule has 5 aromatic rings. The Morgan fingerprint density at radius 3 is 2.71 bits per heavy atom. The third-order valence-corrected chi connectivity index (χ3v) is 5.85. The normalized spacial score (nSPS) is 11.9. The van der Waals surface area contributed by atoms with Crippen molar-refractivity contribution in [1.82, 2.24) is 34.1 Å². The van der Waals surface area contributed by atoms with Gasteiger partial charge in [0.1, 0.15) is 11.0 Å². The van der Waals surface area contributed by atoms with Gasteiger partial charge >= 0.3 is 0 Å². The number of nitrogens with zero attached hydrogens (tertiary/aromatic N) is 7. The second kappa shape index (κ2) is 8.17. The van der Waals surface area contributed by atoms with Crippen molar-refractivity contribution in [2.24, 2.45) is 7.05 Å². The molecule has 0 atom stereocenters. The Kier molecular flexibility index (Phi) is 5.25. The summed E-state index contributed by atoms with van der Waals surface area (Å²) in [6.45, 7) is 9.32. The summed E-state index contributed by atoms with van der Waals surface area (Å²) in [5.74, 6) is 0.786. The van der Waals surface area contributed by atoms with Crippen LogP contribution >= 0.6 is 0 Å². The Hall–Kier alpha value is -4.31. The molecule has 1 aromatic carbocycles. The van der Waals surface area contributed by atoms with E-state index < -0.39 is 5.60 Å². The highest BCUT2D eigenvalue weighted by Crippen LogP contribution is 2.24. The molecule has 0 aliphatic heterocycles. The van der Waals surface area contributed by atoms with Crippen molar-refractivity contribution in [1.29, 1.82) is 0 Å². The Morgan fingerprint density at radius 2 is 1.97 bits per heavy atom. The van der Waals surface area contributed by atoms with Crippen LogP contribution in [0.4, 0.5) is 11.6 Å². The third-order valence-electron chi connectivity index (χ3n) is 5.85. The number of pyridine rings is 1. The first-order chi connectivity index (χ1) is 16.7. The zero-order chi connectivity index (χ0) is 24.9. The monoisotopic (exact) mass is 470 g/mol. The molecule has 0 aliphatic rings. The highest BCUT2D eigenvalue weighted by molar-refractivity contribution is 5.86. The van der Waals surface area contributed by atoms with E-state index in [1.807, 2.05) is 36.9 Å². The smallest absolute Gasteiger partial charge is 0.278 e. The summed E-state index contributed by atoms with van der Waals surface area (Å²) in [6.07, 6.45) is 3.14. The maximum Gasteiger partial charge on any atom is 0.278 e. The summed E-state index contributed by atoms with van der Waals surface area (Å²) in [4.78, 5) is 26.8. The second-order valence-corrected chi connectivity index (χ2v) is 8.92. The minimum Gasteiger partial charge on any atom is -0.384 e. The molecular weight excluding hydrogens is 444 g/mol. The van der Waals surface area contributed by atoms with Crippen LogP contribution in [0.15, 0.2) is 60.0 Å². The first-order valence-corrected chi connectivity index (χ1v) is 11.2. The molecule has 178 valence electrons. The van der Waals surface area contributed by atoms with Crippen molar-refractivity contribution in [3.05, 3.63) is 77.0 Å². The average Bonchev–Trinajstić information content (AvgIpc) is 3.26. The summed E-state index contributed by atoms with van der Waals surface area (Å²) < 4.78 is 4.96. The van der Waals surface area contributed by atoms with Crippen LogP contribution in [0.25, 0.3) is 27.8 Å². The van der Waals surface area contributed by atoms with Crippen molar-refractivity contribution in [3.63, 3.8) is 0 Å². The largest absolute Gasteiger partial charge is 0.384 e. The van der Waals surface area contributed by atoms with E-state index in [2.05, 4.69) is 31.9 Å². The molecule has 4 aromatic heterocycles. The van der Waals surface area contributed by atoms with Crippen LogP contribution in [0.2, 0.25) is 0 Å². The molecule has 2 N–H and O–H groups in total. The van der Waals surface area contributed by atoms with Crippen molar-refractivity contribution < 1.29 is 5.11 Å². The molecule has 10 nitrogen and oxygen atoms in total. The Morgan fingerprint density at radius 1 is 1.17 bits per heavy atom. The first kappa shape index (κ1) is 22.5. The molecule has 0 bridgehead atoms. The van der Waals surface area contributed by atoms with Gasteiger partial charge in [0, 0.05) is 24.3 Å². The lowest BCUT2D eigenvalue weighted by molar-refractivity contribution is 0.0738. The molecule has 0 fully saturated rings. The molecule has 5 rings (SSSR count). The standard InChI is InChI=1S/C25H26N8O2/c1-6-12-32-23(34)18-14-26-24(27-16-10-11-17-15(2)30-31(5)19(17)13-16)29-22(18)33(32)21-9-7-8-20(28-21)25(3,4)35/h6-11,13-14,35H,1,12H2,2-5H3,(H,26,27,29). The van der Waals surface area contributed by atoms with Crippen LogP contribution in [-0.4, -0.2) is 39.2 Å². The van der Waals surface area contributed by atoms with Crippen LogP contribution < -0.4 is 10.9 Å². The zero-order valence-corrected chi connectivity index (χ0v) is 20.0. The van der Waals surface area contributed by atoms with Crippen LogP contribution in [0.3, 0.4) is 0 Å². The number of rotatable bonds is 6. The lowest BCUT2D eigenvalue weighted by Crippen LogP contribution is -2.23. The van der Waals surface area contributed by atoms with Gasteiger partial charge in [0.15, 0.2) is 11.5 Å². The number of aromatic nitrogens is 7. The lowest BCUT2D eigenvalue weighted by atomic mass is 10.1. The van der Waals surface area contributed by atoms with E-state index in [1.165, 1.54) is 10.9 Å². The fourth-order valence-electron chi connectivity index (χ4n) is 4.14. The van der Waals surface area contributed by atoms with Gasteiger partial charge in [-0.05, 0) is 51.1 Å². The molecular formula is C25H26N8O2. The Balaban J connectivity index is 1.65. The van der Waals surface area contributed by atoms with E-state index in [0.717, 1.165) is 22.3 Å². The predicted molar refractivity (Wildman–Crippen MR) is 135 cm³/mol. The zero-order valence-electron chi connectivity index (χ0n) is 20.0. The lowest BCUT2D eigenvalue weighted by Gasteiger charge is -2.18. The maximum absolute atomic E-state index is 13.2. The van der Waals surface area contributed by atoms with E-state index >= 15 is 0 Å². The number of aliphatic hydroxyl groups is 1. The summed E-state index contributed by atoms with van der Waals surface area (Å²) in [6, 6.07) is 11.2. The summed E-state index contributed by atoms with van der Waals surface area (Å²) in [7, 11) is 1.90. The van der Waals surface area contributed by atoms with Gasteiger partial charge in [0.2, 0.25) is 5.95 Å². The van der Waals surface area contributed by atoms with Gasteiger partial charge < -0.3 is 10.4 Å². The molecule has 0 amide bonds. The van der Waals surface area contributed by atoms with Gasteiger partial charge in [-0.15, -0.1) is 6.58 Å². The molecule has 0 unspecified atom stereocenters. The van der Waals surface area contributed by atoms with Gasteiger partial charge in [-0.1, -0.05) is 12.1 Å². The number of anilines is 2. The number of hydrogen-bond acceptors (Lipinski definition) is 7. The molecule has 10 heteroatoms. The van der Waals surface area contributed by atoms with Crippen LogP contribution in [0.5, 0.6) is 0 Å². The molecule has 0 saturated carbocycles. The van der Waals surface area contributed by atoms with Crippen molar-refractivity contribution in [3.8, 4) is 5.82 Å². The van der Waals surface area contributed by atoms with Crippen LogP contribution in [0, 0.1) is 6.92 Å².